The Kier molecular flexibility index (Phi) is 8.74. The normalized spacial score (nSPS) is 15.9. The summed E-state index contributed by atoms with van der Waals surface area (Å²) < 4.78 is 42.1. The molecule has 202 valence electrons. The van der Waals surface area contributed by atoms with E-state index in [9.17, 15) is 9.90 Å². The molecule has 0 saturated carbocycles. The maximum atomic E-state index is 15.3. The molecule has 1 aromatic heterocycles. The summed E-state index contributed by atoms with van der Waals surface area (Å²) in [7, 11) is 8.98. The van der Waals surface area contributed by atoms with Gasteiger partial charge in [-0.3, -0.25) is 19.7 Å². The van der Waals surface area contributed by atoms with Crippen molar-refractivity contribution in [3.63, 3.8) is 0 Å². The van der Waals surface area contributed by atoms with E-state index < -0.39 is 23.8 Å². The Balaban J connectivity index is 1.64. The first-order valence-corrected chi connectivity index (χ1v) is 12.4. The zero-order valence-corrected chi connectivity index (χ0v) is 21.7. The van der Waals surface area contributed by atoms with Gasteiger partial charge in [-0.25, -0.2) is 8.78 Å². The third kappa shape index (κ3) is 6.00. The van der Waals surface area contributed by atoms with E-state index in [1.54, 1.807) is 19.2 Å². The highest BCUT2D eigenvalue weighted by Gasteiger charge is 2.33. The van der Waals surface area contributed by atoms with Crippen LogP contribution < -0.4 is 10.5 Å². The van der Waals surface area contributed by atoms with Crippen LogP contribution in [0.5, 0.6) is 5.75 Å². The molecule has 4 rings (SSSR count). The van der Waals surface area contributed by atoms with E-state index in [2.05, 4.69) is 9.98 Å². The molecule has 1 saturated heterocycles. The second-order valence-corrected chi connectivity index (χ2v) is 9.32. The fourth-order valence-electron chi connectivity index (χ4n) is 4.48. The van der Waals surface area contributed by atoms with Crippen LogP contribution in [0.1, 0.15) is 40.0 Å². The molecule has 2 aromatic carbocycles. The number of aliphatic imine (C=N–C) groups is 1. The van der Waals surface area contributed by atoms with E-state index >= 15 is 8.78 Å². The molecule has 0 amide bonds. The molecule has 3 aromatic rings. The first-order chi connectivity index (χ1) is 18.7. The Morgan fingerprint density at radius 1 is 1.28 bits per heavy atom. The smallest absolute Gasteiger partial charge is 0.152 e. The largest absolute Gasteiger partial charge is 0.488 e. The van der Waals surface area contributed by atoms with Gasteiger partial charge in [0.05, 0.1) is 24.6 Å². The van der Waals surface area contributed by atoms with Crippen molar-refractivity contribution in [3.8, 4) is 16.9 Å². The van der Waals surface area contributed by atoms with Crippen LogP contribution >= 0.6 is 0 Å². The van der Waals surface area contributed by atoms with Crippen LogP contribution in [0.15, 0.2) is 47.6 Å². The number of rotatable bonds is 9. The lowest BCUT2D eigenvalue weighted by Crippen LogP contribution is -2.45. The molecule has 2 radical (unpaired) electrons. The number of benzene rings is 2. The van der Waals surface area contributed by atoms with Crippen molar-refractivity contribution in [1.29, 1.82) is 0 Å². The number of carbonyl (C=O) groups excluding carboxylic acids is 1. The molecule has 1 aliphatic heterocycles. The third-order valence-corrected chi connectivity index (χ3v) is 6.71. The average molecular weight is 534 g/mol. The van der Waals surface area contributed by atoms with Gasteiger partial charge in [0.15, 0.2) is 6.29 Å². The number of nitrogens with zero attached hydrogens (tertiary/aromatic N) is 3. The molecule has 8 nitrogen and oxygen atoms in total. The van der Waals surface area contributed by atoms with Crippen molar-refractivity contribution in [2.24, 2.45) is 4.99 Å². The molecular weight excluding hydrogens is 505 g/mol. The minimum Gasteiger partial charge on any atom is -0.488 e. The fourth-order valence-corrected chi connectivity index (χ4v) is 4.48. The standard InChI is InChI=1S/C28H29BF2N4O4/c1-33-14-21-20(5-6-25(26(21)32)39-19-7-10-38-11-8-19)18-12-23(30)22(24(31)13-18)15-35(2)28(29,37)27-17(16-36)4-3-9-34-27/h3-6,9,12-14,16,19,37H,7-8,10-11,15,32H2,1-2H3. The summed E-state index contributed by atoms with van der Waals surface area (Å²) in [5.74, 6) is -1.25. The van der Waals surface area contributed by atoms with Gasteiger partial charge in [-0.2, -0.15) is 0 Å². The lowest BCUT2D eigenvalue weighted by atomic mass is 9.83. The minimum atomic E-state index is -2.27. The van der Waals surface area contributed by atoms with Crippen molar-refractivity contribution < 1.29 is 28.2 Å². The van der Waals surface area contributed by atoms with Gasteiger partial charge in [0.25, 0.3) is 0 Å². The van der Waals surface area contributed by atoms with Crippen LogP contribution in [-0.2, 0) is 16.9 Å². The fraction of sp³-hybridized carbons (Fsp3) is 0.321. The highest BCUT2D eigenvalue weighted by atomic mass is 19.1. The highest BCUT2D eigenvalue weighted by Crippen LogP contribution is 2.36. The molecular formula is C28H29BF2N4O4. The van der Waals surface area contributed by atoms with Crippen molar-refractivity contribution >= 4 is 26.0 Å². The Labute approximate surface area is 226 Å². The number of hydrogen-bond acceptors (Lipinski definition) is 8. The van der Waals surface area contributed by atoms with Gasteiger partial charge < -0.3 is 20.3 Å². The van der Waals surface area contributed by atoms with E-state index in [0.29, 0.717) is 42.1 Å². The summed E-state index contributed by atoms with van der Waals surface area (Å²) in [6, 6.07) is 8.66. The SMILES string of the molecule is [B]C(O)(c1ncccc1C=O)N(C)Cc1c(F)cc(-c2ccc(OC3CCOCC3)c(N)c2C=NC)cc1F. The first kappa shape index (κ1) is 28.3. The van der Waals surface area contributed by atoms with Crippen molar-refractivity contribution in [1.82, 2.24) is 9.88 Å². The number of hydrogen-bond donors (Lipinski definition) is 2. The van der Waals surface area contributed by atoms with Crippen LogP contribution in [0.3, 0.4) is 0 Å². The van der Waals surface area contributed by atoms with Crippen LogP contribution in [-0.4, -0.2) is 68.8 Å². The number of pyridine rings is 1. The van der Waals surface area contributed by atoms with E-state index in [1.165, 1.54) is 43.7 Å². The van der Waals surface area contributed by atoms with E-state index in [0.717, 1.165) is 17.7 Å². The Bertz CT molecular complexity index is 1360. The minimum absolute atomic E-state index is 0.0423. The molecule has 1 fully saturated rings. The molecule has 2 heterocycles. The van der Waals surface area contributed by atoms with Gasteiger partial charge in [0.1, 0.15) is 37.0 Å². The van der Waals surface area contributed by atoms with Crippen LogP contribution in [0.2, 0.25) is 0 Å². The maximum absolute atomic E-state index is 15.3. The van der Waals surface area contributed by atoms with Gasteiger partial charge in [-0.15, -0.1) is 0 Å². The van der Waals surface area contributed by atoms with Crippen LogP contribution in [0, 0.1) is 11.6 Å². The van der Waals surface area contributed by atoms with Gasteiger partial charge in [-0.1, -0.05) is 0 Å². The summed E-state index contributed by atoms with van der Waals surface area (Å²) in [6.07, 6.45) is 4.79. The lowest BCUT2D eigenvalue weighted by molar-refractivity contribution is -0.0357. The van der Waals surface area contributed by atoms with Gasteiger partial charge in [-0.05, 0) is 54.6 Å². The summed E-state index contributed by atoms with van der Waals surface area (Å²) >= 11 is 0. The van der Waals surface area contributed by atoms with Crippen LogP contribution in [0.25, 0.3) is 11.1 Å². The van der Waals surface area contributed by atoms with E-state index in [1.807, 2.05) is 0 Å². The Hall–Kier alpha value is -3.67. The third-order valence-electron chi connectivity index (χ3n) is 6.71. The maximum Gasteiger partial charge on any atom is 0.152 e. The second-order valence-electron chi connectivity index (χ2n) is 9.32. The molecule has 0 spiro atoms. The number of anilines is 1. The Morgan fingerprint density at radius 2 is 1.97 bits per heavy atom. The molecule has 1 aliphatic rings. The number of aliphatic hydroxyl groups is 1. The van der Waals surface area contributed by atoms with Gasteiger partial charge in [0, 0.05) is 55.5 Å². The first-order valence-electron chi connectivity index (χ1n) is 12.4. The molecule has 0 bridgehead atoms. The molecule has 1 atom stereocenters. The summed E-state index contributed by atoms with van der Waals surface area (Å²) in [4.78, 5) is 20.5. The highest BCUT2D eigenvalue weighted by molar-refractivity contribution is 6.14. The van der Waals surface area contributed by atoms with E-state index in [-0.39, 0.29) is 28.5 Å². The lowest BCUT2D eigenvalue weighted by Gasteiger charge is -2.35. The van der Waals surface area contributed by atoms with Gasteiger partial charge in [0.2, 0.25) is 0 Å². The predicted molar refractivity (Wildman–Crippen MR) is 145 cm³/mol. The van der Waals surface area contributed by atoms with Crippen molar-refractivity contribution in [2.75, 3.05) is 33.0 Å². The molecule has 3 N–H and O–H groups in total. The van der Waals surface area contributed by atoms with Crippen LogP contribution in [0.4, 0.5) is 14.5 Å². The zero-order chi connectivity index (χ0) is 28.2. The van der Waals surface area contributed by atoms with Gasteiger partial charge >= 0.3 is 0 Å². The topological polar surface area (TPSA) is 110 Å². The molecule has 11 heteroatoms. The van der Waals surface area contributed by atoms with E-state index in [4.69, 9.17) is 23.1 Å². The number of aromatic nitrogens is 1. The quantitative estimate of drug-likeness (QED) is 0.142. The second kappa shape index (κ2) is 12.0. The number of aldehydes is 1. The number of halogens is 2. The molecule has 1 unspecified atom stereocenters. The molecule has 39 heavy (non-hydrogen) atoms. The summed E-state index contributed by atoms with van der Waals surface area (Å²) in [5, 5.41) is 10.9. The predicted octanol–water partition coefficient (Wildman–Crippen LogP) is 3.43. The summed E-state index contributed by atoms with van der Waals surface area (Å²) in [5.41, 5.74) is 5.22. The number of ether oxygens (including phenoxy) is 2. The van der Waals surface area contributed by atoms with Crippen molar-refractivity contribution in [3.05, 3.63) is 76.6 Å². The molecule has 0 aliphatic carbocycles. The zero-order valence-electron chi connectivity index (χ0n) is 21.7. The Morgan fingerprint density at radius 3 is 2.62 bits per heavy atom. The monoisotopic (exact) mass is 534 g/mol. The summed E-state index contributed by atoms with van der Waals surface area (Å²) in [6.45, 7) is 0.796. The average Bonchev–Trinajstić information content (AvgIpc) is 2.93. The number of carbonyl (C=O) groups is 1. The number of nitrogen functional groups attached to an aromatic ring is 1. The number of nitrogens with two attached hydrogens (primary N) is 1. The van der Waals surface area contributed by atoms with Crippen molar-refractivity contribution in [2.45, 2.75) is 31.1 Å².